The van der Waals surface area contributed by atoms with Gasteiger partial charge in [0.05, 0.1) is 26.0 Å². The zero-order chi connectivity index (χ0) is 17.3. The molecular formula is C19H21N3O2. The third-order valence-corrected chi connectivity index (χ3v) is 4.26. The fraction of sp³-hybridized carbons (Fsp3) is 0.421. The summed E-state index contributed by atoms with van der Waals surface area (Å²) in [5.74, 6) is 0.414. The number of nitrogens with zero attached hydrogens (tertiary/aromatic N) is 3. The third kappa shape index (κ3) is 3.05. The van der Waals surface area contributed by atoms with Gasteiger partial charge < -0.3 is 9.47 Å². The van der Waals surface area contributed by atoms with Crippen LogP contribution in [0, 0.1) is 25.2 Å². The second-order valence-corrected chi connectivity index (χ2v) is 6.28. The number of hydrogen-bond acceptors (Lipinski definition) is 5. The highest BCUT2D eigenvalue weighted by atomic mass is 16.5. The minimum Gasteiger partial charge on any atom is -0.481 e. The van der Waals surface area contributed by atoms with E-state index in [1.54, 1.807) is 7.11 Å². The molecule has 0 aliphatic heterocycles. The summed E-state index contributed by atoms with van der Waals surface area (Å²) in [7, 11) is 3.11. The first-order valence-electron chi connectivity index (χ1n) is 8.05. The Balaban J connectivity index is 2.19. The van der Waals surface area contributed by atoms with Gasteiger partial charge >= 0.3 is 6.01 Å². The van der Waals surface area contributed by atoms with Crippen molar-refractivity contribution in [2.45, 2.75) is 38.5 Å². The van der Waals surface area contributed by atoms with Gasteiger partial charge in [-0.05, 0) is 38.2 Å². The summed E-state index contributed by atoms with van der Waals surface area (Å²) in [4.78, 5) is 8.84. The van der Waals surface area contributed by atoms with E-state index < -0.39 is 5.92 Å². The molecule has 1 heterocycles. The van der Waals surface area contributed by atoms with Crippen LogP contribution in [0.3, 0.4) is 0 Å². The number of benzene rings is 1. The summed E-state index contributed by atoms with van der Waals surface area (Å²) in [6.07, 6.45) is 2.15. The van der Waals surface area contributed by atoms with Crippen molar-refractivity contribution in [1.82, 2.24) is 9.97 Å². The Morgan fingerprint density at radius 2 is 1.75 bits per heavy atom. The van der Waals surface area contributed by atoms with Crippen LogP contribution < -0.4 is 9.47 Å². The summed E-state index contributed by atoms with van der Waals surface area (Å²) in [5, 5.41) is 9.88. The summed E-state index contributed by atoms with van der Waals surface area (Å²) in [6, 6.07) is 8.82. The van der Waals surface area contributed by atoms with Crippen LogP contribution in [-0.2, 0) is 0 Å². The number of aryl methyl sites for hydroxylation is 2. The molecule has 5 heteroatoms. The molecule has 0 N–H and O–H groups in total. The molecule has 1 aromatic heterocycles. The first-order chi connectivity index (χ1) is 11.6. The van der Waals surface area contributed by atoms with E-state index in [2.05, 4.69) is 22.1 Å². The van der Waals surface area contributed by atoms with Gasteiger partial charge in [0, 0.05) is 5.56 Å². The lowest BCUT2D eigenvalue weighted by Gasteiger charge is -2.17. The quantitative estimate of drug-likeness (QED) is 0.840. The van der Waals surface area contributed by atoms with Crippen molar-refractivity contribution in [3.8, 4) is 18.0 Å². The Bertz CT molecular complexity index is 787. The Morgan fingerprint density at radius 1 is 1.08 bits per heavy atom. The van der Waals surface area contributed by atoms with Crippen molar-refractivity contribution in [2.24, 2.45) is 0 Å². The molecule has 0 saturated heterocycles. The molecule has 0 radical (unpaired) electrons. The highest BCUT2D eigenvalue weighted by Crippen LogP contribution is 2.47. The summed E-state index contributed by atoms with van der Waals surface area (Å²) >= 11 is 0. The van der Waals surface area contributed by atoms with Crippen molar-refractivity contribution < 1.29 is 9.47 Å². The molecular weight excluding hydrogens is 302 g/mol. The van der Waals surface area contributed by atoms with Crippen LogP contribution in [0.25, 0.3) is 0 Å². The second-order valence-electron chi connectivity index (χ2n) is 6.28. The molecule has 1 aliphatic rings. The standard InChI is InChI=1S/C19H21N3O2/c1-11-7-12(2)9-14(8-11)15(10-20)17-16(13-5-6-13)18(23-3)22-19(21-17)24-4/h7-9,13,15H,5-6H2,1-4H3. The first kappa shape index (κ1) is 16.3. The fourth-order valence-corrected chi connectivity index (χ4v) is 3.14. The number of methoxy groups -OCH3 is 2. The van der Waals surface area contributed by atoms with Crippen LogP contribution >= 0.6 is 0 Å². The summed E-state index contributed by atoms with van der Waals surface area (Å²) in [5.41, 5.74) is 4.86. The van der Waals surface area contributed by atoms with Gasteiger partial charge in [-0.1, -0.05) is 29.3 Å². The highest BCUT2D eigenvalue weighted by molar-refractivity contribution is 5.47. The molecule has 124 valence electrons. The van der Waals surface area contributed by atoms with Crippen molar-refractivity contribution in [3.63, 3.8) is 0 Å². The van der Waals surface area contributed by atoms with E-state index in [1.165, 1.54) is 7.11 Å². The van der Waals surface area contributed by atoms with E-state index in [9.17, 15) is 5.26 Å². The van der Waals surface area contributed by atoms with Crippen LogP contribution in [0.1, 0.15) is 52.6 Å². The fourth-order valence-electron chi connectivity index (χ4n) is 3.14. The third-order valence-electron chi connectivity index (χ3n) is 4.26. The van der Waals surface area contributed by atoms with Gasteiger partial charge in [-0.25, -0.2) is 0 Å². The van der Waals surface area contributed by atoms with E-state index in [1.807, 2.05) is 26.0 Å². The van der Waals surface area contributed by atoms with Crippen LogP contribution in [0.15, 0.2) is 18.2 Å². The van der Waals surface area contributed by atoms with Crippen molar-refractivity contribution in [1.29, 1.82) is 5.26 Å². The number of rotatable bonds is 5. The normalized spacial score (nSPS) is 14.8. The maximum atomic E-state index is 9.88. The lowest BCUT2D eigenvalue weighted by Crippen LogP contribution is -2.10. The zero-order valence-corrected chi connectivity index (χ0v) is 14.5. The molecule has 1 unspecified atom stereocenters. The molecule has 3 rings (SSSR count). The van der Waals surface area contributed by atoms with Crippen molar-refractivity contribution >= 4 is 0 Å². The molecule has 24 heavy (non-hydrogen) atoms. The van der Waals surface area contributed by atoms with Gasteiger partial charge in [0.25, 0.3) is 0 Å². The molecule has 1 saturated carbocycles. The molecule has 5 nitrogen and oxygen atoms in total. The largest absolute Gasteiger partial charge is 0.481 e. The molecule has 1 atom stereocenters. The Morgan fingerprint density at radius 3 is 2.25 bits per heavy atom. The minimum absolute atomic E-state index is 0.232. The van der Waals surface area contributed by atoms with Gasteiger partial charge in [-0.3, -0.25) is 0 Å². The minimum atomic E-state index is -0.468. The molecule has 2 aromatic rings. The van der Waals surface area contributed by atoms with Gasteiger partial charge in [-0.15, -0.1) is 0 Å². The SMILES string of the molecule is COc1nc(OC)c(C2CC2)c(C(C#N)c2cc(C)cc(C)c2)n1. The summed E-state index contributed by atoms with van der Waals surface area (Å²) in [6.45, 7) is 4.07. The molecule has 1 aliphatic carbocycles. The smallest absolute Gasteiger partial charge is 0.319 e. The van der Waals surface area contributed by atoms with Crippen molar-refractivity contribution in [3.05, 3.63) is 46.1 Å². The van der Waals surface area contributed by atoms with E-state index in [0.29, 0.717) is 17.5 Å². The predicted molar refractivity (Wildman–Crippen MR) is 90.5 cm³/mol. The van der Waals surface area contributed by atoms with E-state index in [4.69, 9.17) is 9.47 Å². The lowest BCUT2D eigenvalue weighted by molar-refractivity contribution is 0.346. The van der Waals surface area contributed by atoms with Crippen LogP contribution in [0.4, 0.5) is 0 Å². The Kier molecular flexibility index (Phi) is 4.39. The van der Waals surface area contributed by atoms with Gasteiger partial charge in [0.2, 0.25) is 5.88 Å². The number of ether oxygens (including phenoxy) is 2. The van der Waals surface area contributed by atoms with E-state index in [-0.39, 0.29) is 6.01 Å². The topological polar surface area (TPSA) is 68.0 Å². The molecule has 0 amide bonds. The number of hydrogen-bond donors (Lipinski definition) is 0. The van der Waals surface area contributed by atoms with Crippen LogP contribution in [-0.4, -0.2) is 24.2 Å². The van der Waals surface area contributed by atoms with Crippen molar-refractivity contribution in [2.75, 3.05) is 14.2 Å². The number of aromatic nitrogens is 2. The van der Waals surface area contributed by atoms with E-state index in [0.717, 1.165) is 35.1 Å². The van der Waals surface area contributed by atoms with Gasteiger partial charge in [0.1, 0.15) is 5.92 Å². The van der Waals surface area contributed by atoms with E-state index >= 15 is 0 Å². The Hall–Kier alpha value is -2.61. The first-order valence-corrected chi connectivity index (χ1v) is 8.05. The Labute approximate surface area is 142 Å². The monoisotopic (exact) mass is 323 g/mol. The average Bonchev–Trinajstić information content (AvgIpc) is 3.38. The number of nitriles is 1. The lowest BCUT2D eigenvalue weighted by atomic mass is 9.90. The molecule has 0 bridgehead atoms. The van der Waals surface area contributed by atoms with Gasteiger partial charge in [0.15, 0.2) is 0 Å². The molecule has 0 spiro atoms. The molecule has 1 fully saturated rings. The van der Waals surface area contributed by atoms with Gasteiger partial charge in [-0.2, -0.15) is 15.2 Å². The predicted octanol–water partition coefficient (Wildman–Crippen LogP) is 3.64. The maximum absolute atomic E-state index is 9.88. The second kappa shape index (κ2) is 6.48. The van der Waals surface area contributed by atoms with Crippen LogP contribution in [0.2, 0.25) is 0 Å². The average molecular weight is 323 g/mol. The maximum Gasteiger partial charge on any atom is 0.319 e. The van der Waals surface area contributed by atoms with Crippen LogP contribution in [0.5, 0.6) is 11.9 Å². The zero-order valence-electron chi connectivity index (χ0n) is 14.5. The highest BCUT2D eigenvalue weighted by Gasteiger charge is 2.35. The summed E-state index contributed by atoms with van der Waals surface area (Å²) < 4.78 is 10.7. The molecule has 1 aromatic carbocycles.